The lowest BCUT2D eigenvalue weighted by Gasteiger charge is -2.24. The van der Waals surface area contributed by atoms with E-state index < -0.39 is 5.97 Å². The van der Waals surface area contributed by atoms with Crippen LogP contribution in [0.3, 0.4) is 0 Å². The summed E-state index contributed by atoms with van der Waals surface area (Å²) >= 11 is 0. The fourth-order valence-corrected chi connectivity index (χ4v) is 2.92. The number of aromatic nitrogens is 2. The lowest BCUT2D eigenvalue weighted by Crippen LogP contribution is -2.25. The number of fused-ring (bicyclic) bond motifs is 1. The number of ether oxygens (including phenoxy) is 1. The van der Waals surface area contributed by atoms with Gasteiger partial charge in [0.1, 0.15) is 6.10 Å². The highest BCUT2D eigenvalue weighted by molar-refractivity contribution is 5.71. The summed E-state index contributed by atoms with van der Waals surface area (Å²) in [6.07, 6.45) is 3.79. The maximum Gasteiger partial charge on any atom is 0.306 e. The largest absolute Gasteiger partial charge is 0.481 e. The highest BCUT2D eigenvalue weighted by Gasteiger charge is 2.28. The van der Waals surface area contributed by atoms with Gasteiger partial charge < -0.3 is 9.84 Å². The third kappa shape index (κ3) is 3.59. The fourth-order valence-electron chi connectivity index (χ4n) is 2.92. The molecule has 1 aliphatic rings. The molecule has 0 amide bonds. The number of aliphatic carboxylic acids is 1. The zero-order chi connectivity index (χ0) is 15.4. The molecule has 1 aromatic heterocycles. The van der Waals surface area contributed by atoms with E-state index in [1.54, 1.807) is 0 Å². The molecule has 1 aliphatic carbocycles. The van der Waals surface area contributed by atoms with Crippen molar-refractivity contribution in [3.05, 3.63) is 22.8 Å². The van der Waals surface area contributed by atoms with Crippen molar-refractivity contribution in [1.29, 1.82) is 0 Å². The Morgan fingerprint density at radius 2 is 2.19 bits per heavy atom. The Labute approximate surface area is 125 Å². The molecule has 5 heteroatoms. The van der Waals surface area contributed by atoms with Crippen LogP contribution in [0.25, 0.3) is 0 Å². The predicted molar refractivity (Wildman–Crippen MR) is 79.2 cm³/mol. The first-order valence-corrected chi connectivity index (χ1v) is 7.77. The van der Waals surface area contributed by atoms with Gasteiger partial charge in [0, 0.05) is 18.0 Å². The van der Waals surface area contributed by atoms with Crippen LogP contribution in [0.15, 0.2) is 0 Å². The highest BCUT2D eigenvalue weighted by Crippen LogP contribution is 2.29. The summed E-state index contributed by atoms with van der Waals surface area (Å²) < 4.78 is 5.75. The molecule has 2 atom stereocenters. The number of hydrogen-bond acceptors (Lipinski definition) is 4. The molecule has 1 heterocycles. The SMILES string of the molecule is CCCC(OCC)c1nc(C)c2c(n1)CCC(C(=O)O)C2. The molecular weight excluding hydrogens is 268 g/mol. The number of carboxylic acid groups (broad SMARTS) is 1. The van der Waals surface area contributed by atoms with Crippen LogP contribution in [0.5, 0.6) is 0 Å². The minimum atomic E-state index is -0.720. The van der Waals surface area contributed by atoms with Crippen molar-refractivity contribution < 1.29 is 14.6 Å². The standard InChI is InChI=1S/C16H24N2O3/c1-4-6-14(21-5-2)15-17-10(3)12-9-11(16(19)20)7-8-13(12)18-15/h11,14H,4-9H2,1-3H3,(H,19,20). The number of hydrogen-bond donors (Lipinski definition) is 1. The Hall–Kier alpha value is -1.49. The molecule has 0 bridgehead atoms. The van der Waals surface area contributed by atoms with Crippen LogP contribution in [0.1, 0.15) is 62.0 Å². The average Bonchev–Trinajstić information content (AvgIpc) is 2.46. The molecular formula is C16H24N2O3. The van der Waals surface area contributed by atoms with Gasteiger partial charge in [0.15, 0.2) is 5.82 Å². The van der Waals surface area contributed by atoms with Crippen LogP contribution in [-0.4, -0.2) is 27.7 Å². The molecule has 2 rings (SSSR count). The van der Waals surface area contributed by atoms with Gasteiger partial charge in [-0.25, -0.2) is 9.97 Å². The number of carboxylic acids is 1. The molecule has 0 spiro atoms. The molecule has 1 aromatic rings. The quantitative estimate of drug-likeness (QED) is 0.872. The van der Waals surface area contributed by atoms with E-state index in [2.05, 4.69) is 16.9 Å². The zero-order valence-corrected chi connectivity index (χ0v) is 13.1. The summed E-state index contributed by atoms with van der Waals surface area (Å²) in [5, 5.41) is 9.18. The van der Waals surface area contributed by atoms with Crippen LogP contribution < -0.4 is 0 Å². The molecule has 0 aromatic carbocycles. The Balaban J connectivity index is 2.29. The maximum atomic E-state index is 11.2. The van der Waals surface area contributed by atoms with Crippen LogP contribution in [0.4, 0.5) is 0 Å². The predicted octanol–water partition coefficient (Wildman–Crippen LogP) is 2.85. The molecule has 2 unspecified atom stereocenters. The summed E-state index contributed by atoms with van der Waals surface area (Å²) in [4.78, 5) is 20.4. The Morgan fingerprint density at radius 1 is 1.43 bits per heavy atom. The first-order valence-electron chi connectivity index (χ1n) is 7.77. The van der Waals surface area contributed by atoms with Crippen molar-refractivity contribution in [3.8, 4) is 0 Å². The lowest BCUT2D eigenvalue weighted by molar-refractivity contribution is -0.142. The summed E-state index contributed by atoms with van der Waals surface area (Å²) in [6, 6.07) is 0. The normalized spacial score (nSPS) is 19.1. The van der Waals surface area contributed by atoms with Crippen molar-refractivity contribution in [2.75, 3.05) is 6.61 Å². The minimum absolute atomic E-state index is 0.0544. The third-order valence-electron chi connectivity index (χ3n) is 4.05. The van der Waals surface area contributed by atoms with Gasteiger partial charge in [0.2, 0.25) is 0 Å². The Morgan fingerprint density at radius 3 is 2.81 bits per heavy atom. The summed E-state index contributed by atoms with van der Waals surface area (Å²) in [7, 11) is 0. The van der Waals surface area contributed by atoms with Gasteiger partial charge in [-0.1, -0.05) is 13.3 Å². The van der Waals surface area contributed by atoms with Crippen LogP contribution in [0.2, 0.25) is 0 Å². The fraction of sp³-hybridized carbons (Fsp3) is 0.688. The molecule has 0 radical (unpaired) electrons. The molecule has 1 N–H and O–H groups in total. The van der Waals surface area contributed by atoms with Gasteiger partial charge in [0.05, 0.1) is 5.92 Å². The minimum Gasteiger partial charge on any atom is -0.481 e. The highest BCUT2D eigenvalue weighted by atomic mass is 16.5. The van der Waals surface area contributed by atoms with Crippen LogP contribution in [-0.2, 0) is 22.4 Å². The molecule has 0 saturated heterocycles. The average molecular weight is 292 g/mol. The second-order valence-electron chi connectivity index (χ2n) is 5.60. The van der Waals surface area contributed by atoms with Gasteiger partial charge in [-0.3, -0.25) is 4.79 Å². The monoisotopic (exact) mass is 292 g/mol. The number of nitrogens with zero attached hydrogens (tertiary/aromatic N) is 2. The van der Waals surface area contributed by atoms with E-state index in [1.165, 1.54) is 0 Å². The van der Waals surface area contributed by atoms with Crippen molar-refractivity contribution in [3.63, 3.8) is 0 Å². The number of carbonyl (C=O) groups is 1. The molecule has 5 nitrogen and oxygen atoms in total. The number of aryl methyl sites for hydroxylation is 2. The van der Waals surface area contributed by atoms with Crippen LogP contribution >= 0.6 is 0 Å². The molecule has 0 fully saturated rings. The maximum absolute atomic E-state index is 11.2. The van der Waals surface area contributed by atoms with Gasteiger partial charge in [0.25, 0.3) is 0 Å². The van der Waals surface area contributed by atoms with Gasteiger partial charge >= 0.3 is 5.97 Å². The second-order valence-corrected chi connectivity index (χ2v) is 5.60. The van der Waals surface area contributed by atoms with Gasteiger partial charge in [-0.15, -0.1) is 0 Å². The van der Waals surface area contributed by atoms with Gasteiger partial charge in [-0.2, -0.15) is 0 Å². The van der Waals surface area contributed by atoms with Gasteiger partial charge in [-0.05, 0) is 45.1 Å². The van der Waals surface area contributed by atoms with Crippen molar-refractivity contribution >= 4 is 5.97 Å². The summed E-state index contributed by atoms with van der Waals surface area (Å²) in [5.41, 5.74) is 2.93. The Bertz CT molecular complexity index is 510. The topological polar surface area (TPSA) is 72.3 Å². The van der Waals surface area contributed by atoms with E-state index in [-0.39, 0.29) is 12.0 Å². The van der Waals surface area contributed by atoms with E-state index in [4.69, 9.17) is 4.74 Å². The van der Waals surface area contributed by atoms with E-state index in [0.717, 1.165) is 35.6 Å². The Kier molecular flexibility index (Phi) is 5.28. The van der Waals surface area contributed by atoms with E-state index in [9.17, 15) is 9.90 Å². The van der Waals surface area contributed by atoms with E-state index in [0.29, 0.717) is 25.9 Å². The molecule has 116 valence electrons. The summed E-state index contributed by atoms with van der Waals surface area (Å²) in [5.74, 6) is -0.269. The van der Waals surface area contributed by atoms with Crippen molar-refractivity contribution in [1.82, 2.24) is 9.97 Å². The molecule has 0 aliphatic heterocycles. The second kappa shape index (κ2) is 6.98. The molecule has 0 saturated carbocycles. The van der Waals surface area contributed by atoms with E-state index >= 15 is 0 Å². The van der Waals surface area contributed by atoms with Crippen LogP contribution in [0, 0.1) is 12.8 Å². The van der Waals surface area contributed by atoms with Crippen molar-refractivity contribution in [2.45, 2.75) is 59.0 Å². The first-order chi connectivity index (χ1) is 10.1. The smallest absolute Gasteiger partial charge is 0.306 e. The summed E-state index contributed by atoms with van der Waals surface area (Å²) in [6.45, 7) is 6.69. The van der Waals surface area contributed by atoms with Crippen molar-refractivity contribution in [2.24, 2.45) is 5.92 Å². The third-order valence-corrected chi connectivity index (χ3v) is 4.05. The zero-order valence-electron chi connectivity index (χ0n) is 13.1. The number of rotatable bonds is 6. The lowest BCUT2D eigenvalue weighted by atomic mass is 9.86. The first kappa shape index (κ1) is 15.9. The molecule has 21 heavy (non-hydrogen) atoms. The van der Waals surface area contributed by atoms with E-state index in [1.807, 2.05) is 13.8 Å².